The van der Waals surface area contributed by atoms with Crippen LogP contribution in [0, 0.1) is 0 Å². The number of rotatable bonds is 6. The zero-order valence-corrected chi connectivity index (χ0v) is 11.6. The monoisotopic (exact) mass is 259 g/mol. The van der Waals surface area contributed by atoms with E-state index in [1.807, 2.05) is 30.5 Å². The molecule has 0 fully saturated rings. The van der Waals surface area contributed by atoms with Gasteiger partial charge in [0, 0.05) is 18.1 Å². The summed E-state index contributed by atoms with van der Waals surface area (Å²) in [6, 6.07) is 7.74. The number of nitrogens with zero attached hydrogens (tertiary/aromatic N) is 1. The minimum atomic E-state index is -0.00194. The van der Waals surface area contributed by atoms with Gasteiger partial charge in [-0.15, -0.1) is 0 Å². The fraction of sp³-hybridized carbons (Fsp3) is 0.400. The first-order valence-electron chi connectivity index (χ1n) is 6.67. The number of aromatic nitrogens is 1. The van der Waals surface area contributed by atoms with E-state index in [2.05, 4.69) is 29.3 Å². The number of amides is 1. The van der Waals surface area contributed by atoms with Gasteiger partial charge in [-0.25, -0.2) is 0 Å². The number of aromatic amines is 1. The van der Waals surface area contributed by atoms with Crippen molar-refractivity contribution >= 4 is 16.8 Å². The van der Waals surface area contributed by atoms with Gasteiger partial charge in [-0.1, -0.05) is 12.1 Å². The van der Waals surface area contributed by atoms with Crippen LogP contribution in [0.3, 0.4) is 0 Å². The van der Waals surface area contributed by atoms with Crippen LogP contribution in [0.15, 0.2) is 30.5 Å². The molecule has 2 aromatic rings. The smallest absolute Gasteiger partial charge is 0.253 e. The number of carbonyl (C=O) groups is 1. The molecule has 0 saturated carbocycles. The van der Waals surface area contributed by atoms with Crippen molar-refractivity contribution in [2.24, 2.45) is 0 Å². The van der Waals surface area contributed by atoms with E-state index in [0.717, 1.165) is 42.4 Å². The molecule has 2 rings (SSSR count). The lowest BCUT2D eigenvalue weighted by atomic mass is 10.1. The number of hydrogen-bond donors (Lipinski definition) is 2. The Morgan fingerprint density at radius 2 is 2.11 bits per heavy atom. The summed E-state index contributed by atoms with van der Waals surface area (Å²) in [6.07, 6.45) is 3.96. The van der Waals surface area contributed by atoms with Crippen molar-refractivity contribution in [1.82, 2.24) is 15.2 Å². The first-order chi connectivity index (χ1) is 9.18. The van der Waals surface area contributed by atoms with Crippen LogP contribution in [-0.4, -0.2) is 43.0 Å². The topological polar surface area (TPSA) is 48.1 Å². The van der Waals surface area contributed by atoms with E-state index >= 15 is 0 Å². The Balaban J connectivity index is 1.88. The largest absolute Gasteiger partial charge is 0.361 e. The lowest BCUT2D eigenvalue weighted by Gasteiger charge is -2.09. The standard InChI is InChI=1S/C15H21N3O/c1-18(2)11-4-3-9-17-15(19)13-7-5-6-12-8-10-16-14(12)13/h5-8,10,16H,3-4,9,11H2,1-2H3,(H,17,19). The number of hydrogen-bond acceptors (Lipinski definition) is 2. The summed E-state index contributed by atoms with van der Waals surface area (Å²) >= 11 is 0. The van der Waals surface area contributed by atoms with E-state index in [0.29, 0.717) is 0 Å². The minimum Gasteiger partial charge on any atom is -0.361 e. The molecular weight excluding hydrogens is 238 g/mol. The van der Waals surface area contributed by atoms with Gasteiger partial charge in [0.15, 0.2) is 0 Å². The first-order valence-corrected chi connectivity index (χ1v) is 6.67. The van der Waals surface area contributed by atoms with Crippen LogP contribution >= 0.6 is 0 Å². The SMILES string of the molecule is CN(C)CCCCNC(=O)c1cccc2cc[nH]c12. The summed E-state index contributed by atoms with van der Waals surface area (Å²) in [7, 11) is 4.12. The predicted molar refractivity (Wildman–Crippen MR) is 78.4 cm³/mol. The third-order valence-corrected chi connectivity index (χ3v) is 3.15. The van der Waals surface area contributed by atoms with Gasteiger partial charge in [-0.3, -0.25) is 4.79 Å². The number of carbonyl (C=O) groups excluding carboxylic acids is 1. The van der Waals surface area contributed by atoms with Gasteiger partial charge in [0.2, 0.25) is 0 Å². The quantitative estimate of drug-likeness (QED) is 0.782. The van der Waals surface area contributed by atoms with Crippen LogP contribution in [0.1, 0.15) is 23.2 Å². The van der Waals surface area contributed by atoms with Crippen LogP contribution < -0.4 is 5.32 Å². The minimum absolute atomic E-state index is 0.00194. The van der Waals surface area contributed by atoms with E-state index in [1.165, 1.54) is 0 Å². The molecule has 4 heteroatoms. The van der Waals surface area contributed by atoms with Gasteiger partial charge in [0.25, 0.3) is 5.91 Å². The maximum atomic E-state index is 12.1. The van der Waals surface area contributed by atoms with Crippen molar-refractivity contribution in [3.05, 3.63) is 36.0 Å². The number of para-hydroxylation sites is 1. The molecule has 0 aliphatic rings. The molecule has 1 aromatic carbocycles. The molecule has 0 saturated heterocycles. The van der Waals surface area contributed by atoms with E-state index in [1.54, 1.807) is 0 Å². The Bertz CT molecular complexity index is 545. The van der Waals surface area contributed by atoms with E-state index < -0.39 is 0 Å². The highest BCUT2D eigenvalue weighted by molar-refractivity contribution is 6.05. The van der Waals surface area contributed by atoms with Gasteiger partial charge in [-0.2, -0.15) is 0 Å². The number of unbranched alkanes of at least 4 members (excludes halogenated alkanes) is 1. The Morgan fingerprint density at radius 3 is 2.89 bits per heavy atom. The van der Waals surface area contributed by atoms with Crippen molar-refractivity contribution in [2.75, 3.05) is 27.2 Å². The number of fused-ring (bicyclic) bond motifs is 1. The van der Waals surface area contributed by atoms with Gasteiger partial charge < -0.3 is 15.2 Å². The Labute approximate surface area is 113 Å². The predicted octanol–water partition coefficient (Wildman–Crippen LogP) is 2.24. The number of benzene rings is 1. The second-order valence-electron chi connectivity index (χ2n) is 5.01. The van der Waals surface area contributed by atoms with Crippen LogP contribution in [0.2, 0.25) is 0 Å². The molecule has 1 heterocycles. The first kappa shape index (κ1) is 13.6. The zero-order chi connectivity index (χ0) is 13.7. The summed E-state index contributed by atoms with van der Waals surface area (Å²) < 4.78 is 0. The third kappa shape index (κ3) is 3.58. The highest BCUT2D eigenvalue weighted by atomic mass is 16.1. The zero-order valence-electron chi connectivity index (χ0n) is 11.6. The molecule has 102 valence electrons. The highest BCUT2D eigenvalue weighted by Crippen LogP contribution is 2.16. The van der Waals surface area contributed by atoms with Crippen molar-refractivity contribution in [3.8, 4) is 0 Å². The van der Waals surface area contributed by atoms with Crippen LogP contribution in [-0.2, 0) is 0 Å². The second-order valence-corrected chi connectivity index (χ2v) is 5.01. The van der Waals surface area contributed by atoms with E-state index in [9.17, 15) is 4.79 Å². The summed E-state index contributed by atoms with van der Waals surface area (Å²) in [4.78, 5) is 17.4. The summed E-state index contributed by atoms with van der Waals surface area (Å²) in [6.45, 7) is 1.78. The molecular formula is C15H21N3O. The Morgan fingerprint density at radius 1 is 1.26 bits per heavy atom. The number of H-pyrrole nitrogens is 1. The highest BCUT2D eigenvalue weighted by Gasteiger charge is 2.09. The molecule has 0 radical (unpaired) electrons. The van der Waals surface area contributed by atoms with Crippen molar-refractivity contribution in [1.29, 1.82) is 0 Å². The molecule has 0 atom stereocenters. The molecule has 0 unspecified atom stereocenters. The van der Waals surface area contributed by atoms with Gasteiger partial charge in [-0.05, 0) is 45.6 Å². The normalized spacial score (nSPS) is 11.1. The van der Waals surface area contributed by atoms with Gasteiger partial charge in [0.1, 0.15) is 0 Å². The van der Waals surface area contributed by atoms with Crippen LogP contribution in [0.4, 0.5) is 0 Å². The van der Waals surface area contributed by atoms with E-state index in [-0.39, 0.29) is 5.91 Å². The molecule has 2 N–H and O–H groups in total. The molecule has 0 aliphatic carbocycles. The second kappa shape index (κ2) is 6.38. The molecule has 0 spiro atoms. The Kier molecular flexibility index (Phi) is 4.58. The molecule has 0 aliphatic heterocycles. The molecule has 0 bridgehead atoms. The summed E-state index contributed by atoms with van der Waals surface area (Å²) in [5.41, 5.74) is 1.63. The van der Waals surface area contributed by atoms with Crippen molar-refractivity contribution in [3.63, 3.8) is 0 Å². The molecule has 4 nitrogen and oxygen atoms in total. The van der Waals surface area contributed by atoms with Gasteiger partial charge >= 0.3 is 0 Å². The lowest BCUT2D eigenvalue weighted by Crippen LogP contribution is -2.25. The maximum Gasteiger partial charge on any atom is 0.253 e. The third-order valence-electron chi connectivity index (χ3n) is 3.15. The molecule has 19 heavy (non-hydrogen) atoms. The fourth-order valence-electron chi connectivity index (χ4n) is 2.12. The van der Waals surface area contributed by atoms with Crippen LogP contribution in [0.5, 0.6) is 0 Å². The summed E-state index contributed by atoms with van der Waals surface area (Å²) in [5.74, 6) is -0.00194. The Hall–Kier alpha value is -1.81. The number of nitrogens with one attached hydrogen (secondary N) is 2. The molecule has 1 amide bonds. The maximum absolute atomic E-state index is 12.1. The van der Waals surface area contributed by atoms with E-state index in [4.69, 9.17) is 0 Å². The fourth-order valence-corrected chi connectivity index (χ4v) is 2.12. The average Bonchev–Trinajstić information content (AvgIpc) is 2.85. The molecule has 1 aromatic heterocycles. The van der Waals surface area contributed by atoms with Gasteiger partial charge in [0.05, 0.1) is 11.1 Å². The van der Waals surface area contributed by atoms with Crippen molar-refractivity contribution in [2.45, 2.75) is 12.8 Å². The lowest BCUT2D eigenvalue weighted by molar-refractivity contribution is 0.0954. The van der Waals surface area contributed by atoms with Crippen molar-refractivity contribution < 1.29 is 4.79 Å². The van der Waals surface area contributed by atoms with Crippen LogP contribution in [0.25, 0.3) is 10.9 Å². The average molecular weight is 259 g/mol. The summed E-state index contributed by atoms with van der Waals surface area (Å²) in [5, 5.41) is 4.05.